The molecule has 0 spiro atoms. The smallest absolute Gasteiger partial charge is 0.194 e. The van der Waals surface area contributed by atoms with Gasteiger partial charge in [-0.05, 0) is 55.6 Å². The van der Waals surface area contributed by atoms with Crippen LogP contribution in [0, 0.1) is 29.3 Å². The quantitative estimate of drug-likeness (QED) is 0.632. The number of hydrogen-bond acceptors (Lipinski definition) is 0. The Morgan fingerprint density at radius 3 is 2.43 bits per heavy atom. The van der Waals surface area contributed by atoms with Crippen molar-refractivity contribution in [2.24, 2.45) is 11.8 Å². The molecule has 0 nitrogen and oxygen atoms in total. The fourth-order valence-electron chi connectivity index (χ4n) is 3.91. The molecule has 1 saturated carbocycles. The third-order valence-electron chi connectivity index (χ3n) is 5.09. The van der Waals surface area contributed by atoms with Gasteiger partial charge in [0.1, 0.15) is 0 Å². The average molecular weight is 294 g/mol. The predicted molar refractivity (Wildman–Crippen MR) is 78.4 cm³/mol. The monoisotopic (exact) mass is 294 g/mol. The highest BCUT2D eigenvalue weighted by atomic mass is 19.2. The van der Waals surface area contributed by atoms with E-state index in [1.54, 1.807) is 0 Å². The lowest BCUT2D eigenvalue weighted by atomic mass is 9.76. The Morgan fingerprint density at radius 1 is 1.05 bits per heavy atom. The summed E-state index contributed by atoms with van der Waals surface area (Å²) in [5.74, 6) is -2.15. The minimum atomic E-state index is -1.34. The number of rotatable bonds is 3. The van der Waals surface area contributed by atoms with Crippen LogP contribution in [0.1, 0.15) is 56.6 Å². The zero-order chi connectivity index (χ0) is 15.0. The molecule has 3 rings (SSSR count). The number of allylic oxidation sites excluding steroid dienone is 1. The van der Waals surface area contributed by atoms with E-state index in [0.29, 0.717) is 23.5 Å². The van der Waals surface area contributed by atoms with Gasteiger partial charge in [-0.25, -0.2) is 13.2 Å². The highest BCUT2D eigenvalue weighted by Gasteiger charge is 2.29. The van der Waals surface area contributed by atoms with E-state index in [1.807, 2.05) is 6.08 Å². The van der Waals surface area contributed by atoms with Gasteiger partial charge < -0.3 is 0 Å². The van der Waals surface area contributed by atoms with Crippen molar-refractivity contribution in [2.75, 3.05) is 0 Å². The summed E-state index contributed by atoms with van der Waals surface area (Å²) in [6, 6.07) is 1.13. The Kier molecular flexibility index (Phi) is 4.10. The molecule has 114 valence electrons. The molecule has 0 aromatic heterocycles. The van der Waals surface area contributed by atoms with Gasteiger partial charge in [0.25, 0.3) is 0 Å². The van der Waals surface area contributed by atoms with Crippen LogP contribution < -0.4 is 0 Å². The van der Waals surface area contributed by atoms with Crippen LogP contribution in [0.5, 0.6) is 0 Å². The van der Waals surface area contributed by atoms with E-state index >= 15 is 0 Å². The first-order chi connectivity index (χ1) is 10.1. The van der Waals surface area contributed by atoms with Crippen molar-refractivity contribution in [3.63, 3.8) is 0 Å². The first kappa shape index (κ1) is 14.7. The predicted octanol–water partition coefficient (Wildman–Crippen LogP) is 5.65. The van der Waals surface area contributed by atoms with Crippen LogP contribution in [0.25, 0.3) is 6.08 Å². The summed E-state index contributed by atoms with van der Waals surface area (Å²) >= 11 is 0. The van der Waals surface area contributed by atoms with E-state index in [0.717, 1.165) is 30.4 Å². The highest BCUT2D eigenvalue weighted by Crippen LogP contribution is 2.41. The molecule has 0 amide bonds. The standard InChI is InChI=1S/C18H21F3/c1-2-3-11-4-6-12(7-5-11)13-8-14-10-16(19)18(21)17(20)15(14)9-13/h8,10-12H,2-7,9H2,1H3. The van der Waals surface area contributed by atoms with Crippen molar-refractivity contribution in [3.05, 3.63) is 40.2 Å². The normalized spacial score (nSPS) is 24.9. The summed E-state index contributed by atoms with van der Waals surface area (Å²) < 4.78 is 40.4. The van der Waals surface area contributed by atoms with Gasteiger partial charge in [0.15, 0.2) is 17.5 Å². The van der Waals surface area contributed by atoms with Crippen molar-refractivity contribution in [1.82, 2.24) is 0 Å². The van der Waals surface area contributed by atoms with E-state index in [-0.39, 0.29) is 0 Å². The molecule has 0 radical (unpaired) electrons. The number of hydrogen-bond donors (Lipinski definition) is 0. The molecule has 2 aliphatic rings. The van der Waals surface area contributed by atoms with E-state index in [9.17, 15) is 13.2 Å². The minimum absolute atomic E-state index is 0.333. The van der Waals surface area contributed by atoms with Crippen molar-refractivity contribution in [1.29, 1.82) is 0 Å². The van der Waals surface area contributed by atoms with E-state index in [2.05, 4.69) is 6.92 Å². The van der Waals surface area contributed by atoms with Crippen molar-refractivity contribution >= 4 is 6.08 Å². The molecule has 0 aliphatic heterocycles. The van der Waals surface area contributed by atoms with Crippen molar-refractivity contribution in [3.8, 4) is 0 Å². The SMILES string of the molecule is CCCC1CCC(C2=Cc3cc(F)c(F)c(F)c3C2)CC1. The molecule has 1 aromatic carbocycles. The van der Waals surface area contributed by atoms with Crippen LogP contribution >= 0.6 is 0 Å². The summed E-state index contributed by atoms with van der Waals surface area (Å²) in [6.07, 6.45) is 9.53. The van der Waals surface area contributed by atoms with Gasteiger partial charge in [-0.2, -0.15) is 0 Å². The molecule has 0 unspecified atom stereocenters. The largest absolute Gasteiger partial charge is 0.204 e. The lowest BCUT2D eigenvalue weighted by Gasteiger charge is -2.29. The molecule has 2 aliphatic carbocycles. The van der Waals surface area contributed by atoms with E-state index in [1.165, 1.54) is 25.7 Å². The molecule has 0 heterocycles. The molecule has 1 aromatic rings. The average Bonchev–Trinajstić information content (AvgIpc) is 2.90. The Bertz CT molecular complexity index is 566. The third-order valence-corrected chi connectivity index (χ3v) is 5.09. The Labute approximate surface area is 124 Å². The summed E-state index contributed by atoms with van der Waals surface area (Å²) in [6.45, 7) is 2.22. The summed E-state index contributed by atoms with van der Waals surface area (Å²) in [7, 11) is 0. The van der Waals surface area contributed by atoms with E-state index in [4.69, 9.17) is 0 Å². The first-order valence-corrected chi connectivity index (χ1v) is 7.97. The Morgan fingerprint density at radius 2 is 1.76 bits per heavy atom. The maximum atomic E-state index is 13.8. The lowest BCUT2D eigenvalue weighted by Crippen LogP contribution is -2.16. The van der Waals surface area contributed by atoms with Crippen LogP contribution in [0.15, 0.2) is 11.6 Å². The molecule has 0 bridgehead atoms. The second-order valence-corrected chi connectivity index (χ2v) is 6.46. The second-order valence-electron chi connectivity index (χ2n) is 6.46. The molecule has 3 heteroatoms. The van der Waals surface area contributed by atoms with Gasteiger partial charge in [0, 0.05) is 5.56 Å². The van der Waals surface area contributed by atoms with Crippen molar-refractivity contribution < 1.29 is 13.2 Å². The molecule has 0 atom stereocenters. The second kappa shape index (κ2) is 5.86. The van der Waals surface area contributed by atoms with Gasteiger partial charge in [0.05, 0.1) is 0 Å². The van der Waals surface area contributed by atoms with E-state index < -0.39 is 17.5 Å². The maximum Gasteiger partial charge on any atom is 0.194 e. The first-order valence-electron chi connectivity index (χ1n) is 7.97. The van der Waals surface area contributed by atoms with Crippen LogP contribution in [0.2, 0.25) is 0 Å². The highest BCUT2D eigenvalue weighted by molar-refractivity contribution is 5.64. The summed E-state index contributed by atoms with van der Waals surface area (Å²) in [5.41, 5.74) is 2.01. The zero-order valence-electron chi connectivity index (χ0n) is 12.4. The van der Waals surface area contributed by atoms with Gasteiger partial charge in [-0.1, -0.05) is 31.4 Å². The number of halogens is 3. The topological polar surface area (TPSA) is 0 Å². The zero-order valence-corrected chi connectivity index (χ0v) is 12.4. The summed E-state index contributed by atoms with van der Waals surface area (Å²) in [4.78, 5) is 0. The van der Waals surface area contributed by atoms with Gasteiger partial charge >= 0.3 is 0 Å². The maximum absolute atomic E-state index is 13.8. The van der Waals surface area contributed by atoms with Crippen LogP contribution in [-0.4, -0.2) is 0 Å². The lowest BCUT2D eigenvalue weighted by molar-refractivity contribution is 0.285. The van der Waals surface area contributed by atoms with Crippen molar-refractivity contribution in [2.45, 2.75) is 51.9 Å². The Balaban J connectivity index is 1.73. The third kappa shape index (κ3) is 2.75. The fraction of sp³-hybridized carbons (Fsp3) is 0.556. The van der Waals surface area contributed by atoms with Gasteiger partial charge in [-0.3, -0.25) is 0 Å². The molecular weight excluding hydrogens is 273 g/mol. The molecule has 0 N–H and O–H groups in total. The minimum Gasteiger partial charge on any atom is -0.204 e. The number of benzene rings is 1. The van der Waals surface area contributed by atoms with Gasteiger partial charge in [-0.15, -0.1) is 0 Å². The molecular formula is C18H21F3. The van der Waals surface area contributed by atoms with Gasteiger partial charge in [0.2, 0.25) is 0 Å². The molecule has 0 saturated heterocycles. The number of fused-ring (bicyclic) bond motifs is 1. The van der Waals surface area contributed by atoms with Crippen LogP contribution in [0.4, 0.5) is 13.2 Å². The Hall–Kier alpha value is -1.25. The fourth-order valence-corrected chi connectivity index (χ4v) is 3.91. The molecule has 1 fully saturated rings. The molecule has 21 heavy (non-hydrogen) atoms. The summed E-state index contributed by atoms with van der Waals surface area (Å²) in [5, 5.41) is 0. The van der Waals surface area contributed by atoms with Crippen LogP contribution in [-0.2, 0) is 6.42 Å². The van der Waals surface area contributed by atoms with Crippen LogP contribution in [0.3, 0.4) is 0 Å².